The van der Waals surface area contributed by atoms with Crippen LogP contribution in [0.4, 0.5) is 5.69 Å². The van der Waals surface area contributed by atoms with Crippen molar-refractivity contribution in [1.29, 1.82) is 0 Å². The molecule has 0 aliphatic carbocycles. The van der Waals surface area contributed by atoms with Crippen molar-refractivity contribution < 1.29 is 10.2 Å². The number of nitrogens with zero attached hydrogens (tertiary/aromatic N) is 1. The maximum atomic E-state index is 12.6. The van der Waals surface area contributed by atoms with Gasteiger partial charge in [0.05, 0.1) is 17.6 Å². The third kappa shape index (κ3) is 3.97. The van der Waals surface area contributed by atoms with E-state index in [1.165, 1.54) is 11.5 Å². The first-order valence-electron chi connectivity index (χ1n) is 7.35. The molecule has 0 amide bonds. The van der Waals surface area contributed by atoms with Gasteiger partial charge in [-0.05, 0) is 11.5 Å². The molecule has 0 spiro atoms. The lowest BCUT2D eigenvalue weighted by Gasteiger charge is -2.09. The van der Waals surface area contributed by atoms with Crippen molar-refractivity contribution in [3.05, 3.63) is 40.7 Å². The lowest BCUT2D eigenvalue weighted by Crippen LogP contribution is -2.26. The molecule has 2 aromatic rings. The minimum absolute atomic E-state index is 0.0808. The highest BCUT2D eigenvalue weighted by Gasteiger charge is 2.17. The van der Waals surface area contributed by atoms with Crippen LogP contribution in [-0.2, 0) is 6.54 Å². The molecular formula is C16H22N2O3S. The van der Waals surface area contributed by atoms with E-state index in [4.69, 9.17) is 5.11 Å². The third-order valence-electron chi connectivity index (χ3n) is 3.16. The van der Waals surface area contributed by atoms with Crippen LogP contribution in [0.2, 0.25) is 0 Å². The highest BCUT2D eigenvalue weighted by atomic mass is 32.1. The molecule has 0 saturated carbocycles. The van der Waals surface area contributed by atoms with E-state index in [1.807, 2.05) is 30.3 Å². The second-order valence-electron chi connectivity index (χ2n) is 5.64. The van der Waals surface area contributed by atoms with Crippen molar-refractivity contribution in [2.24, 2.45) is 5.92 Å². The molecule has 5 nitrogen and oxygen atoms in total. The number of aliphatic hydroxyl groups excluding tert-OH is 2. The summed E-state index contributed by atoms with van der Waals surface area (Å²) in [4.78, 5) is 13.4. The first kappa shape index (κ1) is 16.7. The molecule has 6 heteroatoms. The highest BCUT2D eigenvalue weighted by molar-refractivity contribution is 7.10. The molecule has 0 bridgehead atoms. The number of nitrogens with one attached hydrogen (secondary N) is 1. The second-order valence-corrected chi connectivity index (χ2v) is 6.67. The molecule has 1 atom stereocenters. The van der Waals surface area contributed by atoms with Gasteiger partial charge in [0, 0.05) is 13.1 Å². The Morgan fingerprint density at radius 1 is 1.27 bits per heavy atom. The number of hydrogen-bond acceptors (Lipinski definition) is 5. The molecule has 0 aliphatic heterocycles. The van der Waals surface area contributed by atoms with Gasteiger partial charge in [-0.25, -0.2) is 0 Å². The van der Waals surface area contributed by atoms with Gasteiger partial charge in [0.25, 0.3) is 5.56 Å². The zero-order chi connectivity index (χ0) is 16.1. The standard InChI is InChI=1S/C16H22N2O3S/c1-11(2)9-18-16(21)14(17-8-13(20)10-19)15(22-18)12-6-4-3-5-7-12/h3-7,11,13,17,19-20H,8-10H2,1-2H3. The SMILES string of the molecule is CC(C)Cn1sc(-c2ccccc2)c(NCC(O)CO)c1=O. The van der Waals surface area contributed by atoms with E-state index in [0.29, 0.717) is 18.2 Å². The van der Waals surface area contributed by atoms with Crippen LogP contribution in [0.25, 0.3) is 10.4 Å². The molecule has 22 heavy (non-hydrogen) atoms. The molecule has 120 valence electrons. The molecule has 1 aromatic heterocycles. The van der Waals surface area contributed by atoms with Gasteiger partial charge in [-0.15, -0.1) is 0 Å². The van der Waals surface area contributed by atoms with Crippen molar-refractivity contribution in [2.45, 2.75) is 26.5 Å². The summed E-state index contributed by atoms with van der Waals surface area (Å²) in [6.45, 7) is 4.60. The number of anilines is 1. The van der Waals surface area contributed by atoms with Gasteiger partial charge in [-0.1, -0.05) is 55.7 Å². The van der Waals surface area contributed by atoms with Gasteiger partial charge in [0.1, 0.15) is 5.69 Å². The largest absolute Gasteiger partial charge is 0.394 e. The zero-order valence-electron chi connectivity index (χ0n) is 12.8. The summed E-state index contributed by atoms with van der Waals surface area (Å²) in [6.07, 6.45) is -0.888. The van der Waals surface area contributed by atoms with Crippen LogP contribution >= 0.6 is 11.5 Å². The summed E-state index contributed by atoms with van der Waals surface area (Å²) in [5.74, 6) is 0.371. The molecule has 2 rings (SSSR count). The van der Waals surface area contributed by atoms with Crippen molar-refractivity contribution in [2.75, 3.05) is 18.5 Å². The Morgan fingerprint density at radius 2 is 1.95 bits per heavy atom. The summed E-state index contributed by atoms with van der Waals surface area (Å²) >= 11 is 1.42. The second kappa shape index (κ2) is 7.58. The van der Waals surface area contributed by atoms with E-state index in [0.717, 1.165) is 10.4 Å². The predicted molar refractivity (Wildman–Crippen MR) is 90.4 cm³/mol. The Morgan fingerprint density at radius 3 is 2.55 bits per heavy atom. The topological polar surface area (TPSA) is 74.5 Å². The minimum atomic E-state index is -0.888. The van der Waals surface area contributed by atoms with Gasteiger partial charge in [0.15, 0.2) is 0 Å². The van der Waals surface area contributed by atoms with E-state index in [9.17, 15) is 9.90 Å². The molecular weight excluding hydrogens is 300 g/mol. The summed E-state index contributed by atoms with van der Waals surface area (Å²) in [5.41, 5.74) is 1.38. The summed E-state index contributed by atoms with van der Waals surface area (Å²) in [7, 11) is 0. The smallest absolute Gasteiger partial charge is 0.284 e. The van der Waals surface area contributed by atoms with Gasteiger partial charge < -0.3 is 15.5 Å². The molecule has 1 unspecified atom stereocenters. The molecule has 1 aromatic carbocycles. The number of hydrogen-bond donors (Lipinski definition) is 3. The third-order valence-corrected chi connectivity index (χ3v) is 4.32. The molecule has 1 heterocycles. The first-order valence-corrected chi connectivity index (χ1v) is 8.12. The van der Waals surface area contributed by atoms with Gasteiger partial charge in [-0.2, -0.15) is 0 Å². The van der Waals surface area contributed by atoms with Crippen LogP contribution in [0, 0.1) is 5.92 Å². The van der Waals surface area contributed by atoms with Crippen molar-refractivity contribution in [1.82, 2.24) is 3.96 Å². The monoisotopic (exact) mass is 322 g/mol. The van der Waals surface area contributed by atoms with E-state index < -0.39 is 6.10 Å². The van der Waals surface area contributed by atoms with Crippen LogP contribution in [0.15, 0.2) is 35.1 Å². The Kier molecular flexibility index (Phi) is 5.76. The molecule has 0 aliphatic rings. The fraction of sp³-hybridized carbons (Fsp3) is 0.438. The van der Waals surface area contributed by atoms with Gasteiger partial charge in [0.2, 0.25) is 0 Å². The Hall–Kier alpha value is -1.63. The van der Waals surface area contributed by atoms with E-state index in [2.05, 4.69) is 19.2 Å². The van der Waals surface area contributed by atoms with Crippen LogP contribution in [0.1, 0.15) is 13.8 Å². The molecule has 0 fully saturated rings. The highest BCUT2D eigenvalue weighted by Crippen LogP contribution is 2.30. The number of benzene rings is 1. The Labute approximate surface area is 134 Å². The first-order chi connectivity index (χ1) is 10.5. The molecule has 0 saturated heterocycles. The molecule has 0 radical (unpaired) electrons. The van der Waals surface area contributed by atoms with Crippen LogP contribution < -0.4 is 10.9 Å². The van der Waals surface area contributed by atoms with Crippen molar-refractivity contribution in [3.8, 4) is 10.4 Å². The van der Waals surface area contributed by atoms with Gasteiger partial charge >= 0.3 is 0 Å². The van der Waals surface area contributed by atoms with Crippen molar-refractivity contribution in [3.63, 3.8) is 0 Å². The summed E-state index contributed by atoms with van der Waals surface area (Å²) in [6, 6.07) is 9.70. The normalized spacial score (nSPS) is 12.6. The van der Waals surface area contributed by atoms with E-state index in [-0.39, 0.29) is 18.7 Å². The fourth-order valence-electron chi connectivity index (χ4n) is 2.10. The van der Waals surface area contributed by atoms with Crippen LogP contribution in [-0.4, -0.2) is 33.4 Å². The number of aromatic nitrogens is 1. The summed E-state index contributed by atoms with van der Waals surface area (Å²) < 4.78 is 1.74. The van der Waals surface area contributed by atoms with Crippen LogP contribution in [0.5, 0.6) is 0 Å². The number of aliphatic hydroxyl groups is 2. The lowest BCUT2D eigenvalue weighted by molar-refractivity contribution is 0.105. The minimum Gasteiger partial charge on any atom is -0.394 e. The van der Waals surface area contributed by atoms with Crippen molar-refractivity contribution >= 4 is 17.2 Å². The fourth-order valence-corrected chi connectivity index (χ4v) is 3.36. The average molecular weight is 322 g/mol. The Bertz CT molecular complexity index is 649. The van der Waals surface area contributed by atoms with Crippen LogP contribution in [0.3, 0.4) is 0 Å². The van der Waals surface area contributed by atoms with E-state index in [1.54, 1.807) is 3.96 Å². The van der Waals surface area contributed by atoms with E-state index >= 15 is 0 Å². The molecule has 3 N–H and O–H groups in total. The predicted octanol–water partition coefficient (Wildman–Crippen LogP) is 2.00. The maximum absolute atomic E-state index is 12.6. The maximum Gasteiger partial charge on any atom is 0.284 e. The lowest BCUT2D eigenvalue weighted by atomic mass is 10.1. The summed E-state index contributed by atoms with van der Waals surface area (Å²) in [5, 5.41) is 21.4. The average Bonchev–Trinajstić information content (AvgIpc) is 2.81. The van der Waals surface area contributed by atoms with Gasteiger partial charge in [-0.3, -0.25) is 8.75 Å². The quantitative estimate of drug-likeness (QED) is 0.729. The zero-order valence-corrected chi connectivity index (χ0v) is 13.6. The Balaban J connectivity index is 2.39. The number of rotatable bonds is 7.